The summed E-state index contributed by atoms with van der Waals surface area (Å²) in [6, 6.07) is 14.9. The van der Waals surface area contributed by atoms with Gasteiger partial charge in [0.2, 0.25) is 0 Å². The monoisotopic (exact) mass is 374 g/mol. The fourth-order valence-electron chi connectivity index (χ4n) is 2.81. The van der Waals surface area contributed by atoms with Gasteiger partial charge >= 0.3 is 8.80 Å². The predicted octanol–water partition coefficient (Wildman–Crippen LogP) is 5.44. The highest BCUT2D eigenvalue weighted by molar-refractivity contribution is 6.75. The average molecular weight is 375 g/mol. The molecule has 0 saturated heterocycles. The normalized spacial score (nSPS) is 12.0. The summed E-state index contributed by atoms with van der Waals surface area (Å²) in [5, 5.41) is 3.52. The topological polar surface area (TPSA) is 27.7 Å². The van der Waals surface area contributed by atoms with Gasteiger partial charge in [-0.3, -0.25) is 0 Å². The summed E-state index contributed by atoms with van der Waals surface area (Å²) in [6.07, 6.45) is 6.38. The van der Waals surface area contributed by atoms with Crippen LogP contribution in [0.1, 0.15) is 59.3 Å². The number of benzene rings is 2. The highest BCUT2D eigenvalue weighted by Crippen LogP contribution is 2.18. The van der Waals surface area contributed by atoms with Crippen molar-refractivity contribution in [2.45, 2.75) is 59.3 Å². The van der Waals surface area contributed by atoms with Crippen molar-refractivity contribution in [2.75, 3.05) is 19.8 Å². The molecule has 0 aliphatic carbocycles. The van der Waals surface area contributed by atoms with E-state index in [4.69, 9.17) is 13.3 Å². The van der Waals surface area contributed by atoms with E-state index in [2.05, 4.69) is 63.2 Å². The maximum absolute atomic E-state index is 6.39. The van der Waals surface area contributed by atoms with E-state index in [1.165, 1.54) is 10.8 Å². The van der Waals surface area contributed by atoms with Gasteiger partial charge in [0.1, 0.15) is 0 Å². The van der Waals surface area contributed by atoms with E-state index in [0.29, 0.717) is 19.8 Å². The van der Waals surface area contributed by atoms with Crippen LogP contribution in [0.5, 0.6) is 0 Å². The van der Waals surface area contributed by atoms with Crippen LogP contribution in [0.4, 0.5) is 0 Å². The van der Waals surface area contributed by atoms with Crippen LogP contribution >= 0.6 is 0 Å². The fourth-order valence-corrected chi connectivity index (χ4v) is 5.42. The summed E-state index contributed by atoms with van der Waals surface area (Å²) in [5.41, 5.74) is 0. The summed E-state index contributed by atoms with van der Waals surface area (Å²) in [6.45, 7) is 8.60. The SMILES string of the molecule is CCCCO[Si](OCCCC)(OCCCC)c1ccc2ccccc2c1. The molecule has 0 saturated carbocycles. The Kier molecular flexibility index (Phi) is 9.33. The standard InChI is InChI=1S/C22H34O3Si/c1-4-7-16-23-26(24-17-8-5-2,25-18-9-6-3)22-15-14-20-12-10-11-13-21(20)19-22/h10-15,19H,4-9,16-18H2,1-3H3. The van der Waals surface area contributed by atoms with Gasteiger partial charge in [0.15, 0.2) is 0 Å². The first-order valence-electron chi connectivity index (χ1n) is 10.2. The molecule has 26 heavy (non-hydrogen) atoms. The largest absolute Gasteiger partial charge is 0.537 e. The lowest BCUT2D eigenvalue weighted by atomic mass is 10.1. The highest BCUT2D eigenvalue weighted by atomic mass is 28.4. The van der Waals surface area contributed by atoms with Crippen molar-refractivity contribution in [2.24, 2.45) is 0 Å². The van der Waals surface area contributed by atoms with Crippen molar-refractivity contribution in [1.82, 2.24) is 0 Å². The van der Waals surface area contributed by atoms with E-state index in [1.54, 1.807) is 0 Å². The minimum atomic E-state index is -2.90. The summed E-state index contributed by atoms with van der Waals surface area (Å²) in [7, 11) is -2.90. The van der Waals surface area contributed by atoms with Gasteiger partial charge in [-0.15, -0.1) is 0 Å². The van der Waals surface area contributed by atoms with Crippen LogP contribution in [-0.2, 0) is 13.3 Å². The summed E-state index contributed by atoms with van der Waals surface area (Å²) in [4.78, 5) is 0. The van der Waals surface area contributed by atoms with Gasteiger partial charge in [0.05, 0.1) is 0 Å². The third kappa shape index (κ3) is 5.91. The molecule has 3 nitrogen and oxygen atoms in total. The number of unbranched alkanes of at least 4 members (excludes halogenated alkanes) is 3. The lowest BCUT2D eigenvalue weighted by Crippen LogP contribution is -2.57. The zero-order valence-corrected chi connectivity index (χ0v) is 17.6. The van der Waals surface area contributed by atoms with Gasteiger partial charge in [-0.05, 0) is 36.1 Å². The van der Waals surface area contributed by atoms with Gasteiger partial charge in [0.25, 0.3) is 0 Å². The van der Waals surface area contributed by atoms with Crippen molar-refractivity contribution >= 4 is 24.8 Å². The molecule has 2 aromatic rings. The molecule has 0 heterocycles. The van der Waals surface area contributed by atoms with E-state index < -0.39 is 8.80 Å². The zero-order chi connectivity index (χ0) is 18.7. The number of hydrogen-bond donors (Lipinski definition) is 0. The van der Waals surface area contributed by atoms with Crippen LogP contribution in [0.2, 0.25) is 0 Å². The Hall–Kier alpha value is -1.20. The molecular weight excluding hydrogens is 340 g/mol. The number of hydrogen-bond acceptors (Lipinski definition) is 3. The fraction of sp³-hybridized carbons (Fsp3) is 0.545. The molecule has 0 radical (unpaired) electrons. The van der Waals surface area contributed by atoms with Crippen LogP contribution in [0.3, 0.4) is 0 Å². The maximum atomic E-state index is 6.39. The van der Waals surface area contributed by atoms with Crippen molar-refractivity contribution in [3.63, 3.8) is 0 Å². The summed E-state index contributed by atoms with van der Waals surface area (Å²) >= 11 is 0. The van der Waals surface area contributed by atoms with E-state index in [0.717, 1.165) is 43.7 Å². The Balaban J connectivity index is 2.34. The van der Waals surface area contributed by atoms with E-state index >= 15 is 0 Å². The number of fused-ring (bicyclic) bond motifs is 1. The van der Waals surface area contributed by atoms with Gasteiger partial charge < -0.3 is 13.3 Å². The minimum Gasteiger partial charge on any atom is -0.370 e. The molecule has 0 spiro atoms. The smallest absolute Gasteiger partial charge is 0.370 e. The first-order chi connectivity index (χ1) is 12.8. The molecule has 2 rings (SSSR count). The Labute approximate surface area is 160 Å². The molecule has 0 aliphatic heterocycles. The number of rotatable bonds is 13. The third-order valence-corrected chi connectivity index (χ3v) is 7.24. The van der Waals surface area contributed by atoms with Gasteiger partial charge in [-0.2, -0.15) is 0 Å². The van der Waals surface area contributed by atoms with Crippen LogP contribution in [0, 0.1) is 0 Å². The Morgan fingerprint density at radius 1 is 0.654 bits per heavy atom. The lowest BCUT2D eigenvalue weighted by Gasteiger charge is -2.30. The van der Waals surface area contributed by atoms with E-state index in [1.807, 2.05) is 0 Å². The molecule has 0 fully saturated rings. The second-order valence-electron chi connectivity index (χ2n) is 6.72. The first kappa shape index (κ1) is 21.1. The zero-order valence-electron chi connectivity index (χ0n) is 16.6. The lowest BCUT2D eigenvalue weighted by molar-refractivity contribution is 0.0700. The third-order valence-electron chi connectivity index (χ3n) is 4.47. The Morgan fingerprint density at radius 3 is 1.65 bits per heavy atom. The van der Waals surface area contributed by atoms with Crippen LogP contribution < -0.4 is 5.19 Å². The van der Waals surface area contributed by atoms with Gasteiger partial charge in [-0.1, -0.05) is 76.4 Å². The summed E-state index contributed by atoms with van der Waals surface area (Å²) in [5.74, 6) is 0. The molecule has 0 aliphatic rings. The Morgan fingerprint density at radius 2 is 1.15 bits per heavy atom. The van der Waals surface area contributed by atoms with Gasteiger partial charge in [0, 0.05) is 25.0 Å². The average Bonchev–Trinajstić information content (AvgIpc) is 2.68. The second kappa shape index (κ2) is 11.5. The molecule has 0 aromatic heterocycles. The second-order valence-corrected chi connectivity index (χ2v) is 9.28. The van der Waals surface area contributed by atoms with E-state index in [9.17, 15) is 0 Å². The highest BCUT2D eigenvalue weighted by Gasteiger charge is 2.44. The molecule has 144 valence electrons. The molecule has 0 N–H and O–H groups in total. The van der Waals surface area contributed by atoms with Gasteiger partial charge in [-0.25, -0.2) is 0 Å². The molecule has 2 aromatic carbocycles. The minimum absolute atomic E-state index is 0.688. The summed E-state index contributed by atoms with van der Waals surface area (Å²) < 4.78 is 19.2. The van der Waals surface area contributed by atoms with Crippen LogP contribution in [-0.4, -0.2) is 28.6 Å². The van der Waals surface area contributed by atoms with Crippen molar-refractivity contribution in [3.8, 4) is 0 Å². The predicted molar refractivity (Wildman–Crippen MR) is 112 cm³/mol. The molecule has 0 amide bonds. The molecular formula is C22H34O3Si. The molecule has 0 atom stereocenters. The van der Waals surface area contributed by atoms with Crippen molar-refractivity contribution < 1.29 is 13.3 Å². The first-order valence-corrected chi connectivity index (χ1v) is 11.9. The quantitative estimate of drug-likeness (QED) is 0.345. The van der Waals surface area contributed by atoms with E-state index in [-0.39, 0.29) is 0 Å². The van der Waals surface area contributed by atoms with Crippen LogP contribution in [0.25, 0.3) is 10.8 Å². The maximum Gasteiger partial charge on any atom is 0.537 e. The van der Waals surface area contributed by atoms with Crippen molar-refractivity contribution in [3.05, 3.63) is 42.5 Å². The Bertz CT molecular complexity index is 618. The van der Waals surface area contributed by atoms with Crippen LogP contribution in [0.15, 0.2) is 42.5 Å². The molecule has 4 heteroatoms. The molecule has 0 unspecified atom stereocenters. The molecule has 0 bridgehead atoms. The van der Waals surface area contributed by atoms with Crippen molar-refractivity contribution in [1.29, 1.82) is 0 Å².